The summed E-state index contributed by atoms with van der Waals surface area (Å²) in [5.74, 6) is 2.58. The first-order valence-electron chi connectivity index (χ1n) is 6.90. The second-order valence-corrected chi connectivity index (χ2v) is 5.82. The van der Waals surface area contributed by atoms with E-state index in [1.54, 1.807) is 19.1 Å². The number of amides is 3. The zero-order valence-corrected chi connectivity index (χ0v) is 14.7. The van der Waals surface area contributed by atoms with Crippen LogP contribution in [0, 0.1) is 12.3 Å². The highest BCUT2D eigenvalue weighted by molar-refractivity contribution is 9.10. The largest absolute Gasteiger partial charge is 0.493 e. The van der Waals surface area contributed by atoms with E-state index < -0.39 is 18.0 Å². The maximum atomic E-state index is 11.8. The van der Waals surface area contributed by atoms with Crippen LogP contribution in [0.1, 0.15) is 18.5 Å². The van der Waals surface area contributed by atoms with E-state index >= 15 is 0 Å². The van der Waals surface area contributed by atoms with E-state index in [1.807, 2.05) is 0 Å². The summed E-state index contributed by atoms with van der Waals surface area (Å²) in [6, 6.07) is 2.23. The van der Waals surface area contributed by atoms with Crippen molar-refractivity contribution in [2.24, 2.45) is 5.73 Å². The lowest BCUT2D eigenvalue weighted by Gasteiger charge is -2.28. The third kappa shape index (κ3) is 3.46. The number of terminal acetylenes is 1. The molecular formula is C16H16BrN3O4. The predicted octanol–water partition coefficient (Wildman–Crippen LogP) is 1.58. The van der Waals surface area contributed by atoms with Gasteiger partial charge in [-0.25, -0.2) is 4.79 Å². The molecule has 1 heterocycles. The number of nitrogens with one attached hydrogen (secondary N) is 2. The van der Waals surface area contributed by atoms with Crippen molar-refractivity contribution in [1.82, 2.24) is 10.6 Å². The molecule has 126 valence electrons. The second kappa shape index (κ2) is 7.27. The first-order chi connectivity index (χ1) is 11.4. The van der Waals surface area contributed by atoms with E-state index in [-0.39, 0.29) is 12.2 Å². The Morgan fingerprint density at radius 3 is 2.79 bits per heavy atom. The van der Waals surface area contributed by atoms with Crippen LogP contribution in [-0.2, 0) is 4.79 Å². The van der Waals surface area contributed by atoms with E-state index in [0.29, 0.717) is 27.2 Å². The van der Waals surface area contributed by atoms with Crippen LogP contribution in [0.15, 0.2) is 27.9 Å². The van der Waals surface area contributed by atoms with Gasteiger partial charge < -0.3 is 25.8 Å². The number of methoxy groups -OCH3 is 1. The molecule has 0 spiro atoms. The molecule has 4 N–H and O–H groups in total. The van der Waals surface area contributed by atoms with Gasteiger partial charge in [-0.2, -0.15) is 0 Å². The molecule has 1 aromatic rings. The van der Waals surface area contributed by atoms with Crippen molar-refractivity contribution >= 4 is 27.9 Å². The lowest BCUT2D eigenvalue weighted by molar-refractivity contribution is -0.115. The number of nitrogens with two attached hydrogens (primary N) is 1. The Morgan fingerprint density at radius 2 is 2.21 bits per heavy atom. The van der Waals surface area contributed by atoms with Gasteiger partial charge in [0.15, 0.2) is 11.5 Å². The molecule has 2 rings (SSSR count). The highest BCUT2D eigenvalue weighted by Crippen LogP contribution is 2.40. The molecule has 24 heavy (non-hydrogen) atoms. The molecule has 7 nitrogen and oxygen atoms in total. The number of hydrogen-bond donors (Lipinski definition) is 3. The molecule has 1 aromatic carbocycles. The fourth-order valence-corrected chi connectivity index (χ4v) is 3.01. The Hall–Kier alpha value is -2.66. The van der Waals surface area contributed by atoms with E-state index in [2.05, 4.69) is 32.5 Å². The molecule has 0 unspecified atom stereocenters. The maximum absolute atomic E-state index is 11.8. The minimum absolute atomic E-state index is 0.0734. The summed E-state index contributed by atoms with van der Waals surface area (Å²) < 4.78 is 11.3. The molecular weight excluding hydrogens is 378 g/mol. The number of halogens is 1. The molecule has 0 radical (unpaired) electrons. The van der Waals surface area contributed by atoms with Crippen LogP contribution >= 0.6 is 15.9 Å². The number of rotatable bonds is 5. The van der Waals surface area contributed by atoms with Crippen molar-refractivity contribution in [3.8, 4) is 23.8 Å². The number of hydrogen-bond acceptors (Lipinski definition) is 4. The fourth-order valence-electron chi connectivity index (χ4n) is 2.43. The van der Waals surface area contributed by atoms with Crippen molar-refractivity contribution < 1.29 is 19.1 Å². The summed E-state index contributed by atoms with van der Waals surface area (Å²) in [7, 11) is 1.48. The van der Waals surface area contributed by atoms with Gasteiger partial charge in [-0.3, -0.25) is 4.79 Å². The van der Waals surface area contributed by atoms with Crippen LogP contribution in [0.3, 0.4) is 0 Å². The second-order valence-electron chi connectivity index (χ2n) is 4.96. The minimum Gasteiger partial charge on any atom is -0.493 e. The van der Waals surface area contributed by atoms with Crippen molar-refractivity contribution in [1.29, 1.82) is 0 Å². The van der Waals surface area contributed by atoms with Gasteiger partial charge in [0, 0.05) is 5.70 Å². The monoisotopic (exact) mass is 393 g/mol. The summed E-state index contributed by atoms with van der Waals surface area (Å²) in [5, 5.41) is 5.21. The fraction of sp³-hybridized carbons (Fsp3) is 0.250. The quantitative estimate of drug-likeness (QED) is 0.660. The van der Waals surface area contributed by atoms with Gasteiger partial charge >= 0.3 is 6.03 Å². The van der Waals surface area contributed by atoms with Crippen LogP contribution < -0.4 is 25.8 Å². The summed E-state index contributed by atoms with van der Waals surface area (Å²) in [6.07, 6.45) is 5.20. The Balaban J connectivity index is 2.53. The smallest absolute Gasteiger partial charge is 0.319 e. The van der Waals surface area contributed by atoms with Crippen LogP contribution in [0.4, 0.5) is 4.79 Å². The van der Waals surface area contributed by atoms with Crippen LogP contribution in [-0.4, -0.2) is 25.7 Å². The van der Waals surface area contributed by atoms with E-state index in [9.17, 15) is 9.59 Å². The van der Waals surface area contributed by atoms with Gasteiger partial charge in [0.1, 0.15) is 6.61 Å². The molecule has 0 aromatic heterocycles. The van der Waals surface area contributed by atoms with Crippen molar-refractivity contribution in [3.05, 3.63) is 33.4 Å². The summed E-state index contributed by atoms with van der Waals surface area (Å²) in [4.78, 5) is 23.6. The summed E-state index contributed by atoms with van der Waals surface area (Å²) in [5.41, 5.74) is 6.73. The van der Waals surface area contributed by atoms with Gasteiger partial charge in [0.2, 0.25) is 5.91 Å². The van der Waals surface area contributed by atoms with Gasteiger partial charge in [-0.15, -0.1) is 6.42 Å². The normalized spacial score (nSPS) is 16.8. The number of ether oxygens (including phenoxy) is 2. The van der Waals surface area contributed by atoms with Crippen molar-refractivity contribution in [2.45, 2.75) is 13.0 Å². The minimum atomic E-state index is -0.705. The Kier molecular flexibility index (Phi) is 5.36. The van der Waals surface area contributed by atoms with E-state index in [0.717, 1.165) is 0 Å². The van der Waals surface area contributed by atoms with Gasteiger partial charge in [0.05, 0.1) is 23.2 Å². The average molecular weight is 394 g/mol. The predicted molar refractivity (Wildman–Crippen MR) is 91.3 cm³/mol. The van der Waals surface area contributed by atoms with Crippen LogP contribution in [0.25, 0.3) is 0 Å². The number of carbonyl (C=O) groups excluding carboxylic acids is 2. The molecule has 0 fully saturated rings. The highest BCUT2D eigenvalue weighted by Gasteiger charge is 2.31. The number of allylic oxidation sites excluding steroid dienone is 1. The zero-order chi connectivity index (χ0) is 17.9. The van der Waals surface area contributed by atoms with Gasteiger partial charge in [-0.05, 0) is 40.5 Å². The topological polar surface area (TPSA) is 103 Å². The Bertz CT molecular complexity index is 767. The molecule has 1 aliphatic heterocycles. The van der Waals surface area contributed by atoms with E-state index in [1.165, 1.54) is 7.11 Å². The van der Waals surface area contributed by atoms with Crippen LogP contribution in [0.2, 0.25) is 0 Å². The Morgan fingerprint density at radius 1 is 1.50 bits per heavy atom. The standard InChI is InChI=1S/C16H16BrN3O4/c1-4-5-24-14-10(17)6-9(7-11(14)23-3)13-12(15(18)21)8(2)19-16(22)20-13/h1,6-7,13H,5H2,2-3H3,(H2,18,21)(H2,19,20,22)/t13-/m1/s1. The average Bonchev–Trinajstić information content (AvgIpc) is 2.51. The Labute approximate surface area is 147 Å². The SMILES string of the molecule is C#CCOc1c(Br)cc([C@H]2NC(=O)NC(C)=C2C(N)=O)cc1OC. The summed E-state index contributed by atoms with van der Waals surface area (Å²) in [6.45, 7) is 1.69. The third-order valence-electron chi connectivity index (χ3n) is 3.42. The van der Waals surface area contributed by atoms with Gasteiger partial charge in [0.25, 0.3) is 0 Å². The molecule has 0 saturated carbocycles. The molecule has 1 aliphatic rings. The van der Waals surface area contributed by atoms with Crippen LogP contribution in [0.5, 0.6) is 11.5 Å². The zero-order valence-electron chi connectivity index (χ0n) is 13.1. The number of primary amides is 1. The van der Waals surface area contributed by atoms with E-state index in [4.69, 9.17) is 21.6 Å². The van der Waals surface area contributed by atoms with Crippen molar-refractivity contribution in [2.75, 3.05) is 13.7 Å². The lowest BCUT2D eigenvalue weighted by atomic mass is 9.95. The molecule has 0 saturated heterocycles. The number of carbonyl (C=O) groups is 2. The lowest BCUT2D eigenvalue weighted by Crippen LogP contribution is -2.46. The van der Waals surface area contributed by atoms with Crippen molar-refractivity contribution in [3.63, 3.8) is 0 Å². The molecule has 1 atom stereocenters. The van der Waals surface area contributed by atoms with Gasteiger partial charge in [-0.1, -0.05) is 5.92 Å². The maximum Gasteiger partial charge on any atom is 0.319 e. The summed E-state index contributed by atoms with van der Waals surface area (Å²) >= 11 is 3.39. The first kappa shape index (κ1) is 17.7. The third-order valence-corrected chi connectivity index (χ3v) is 4.01. The molecule has 3 amide bonds. The number of urea groups is 1. The first-order valence-corrected chi connectivity index (χ1v) is 7.70. The highest BCUT2D eigenvalue weighted by atomic mass is 79.9. The number of benzene rings is 1. The molecule has 0 bridgehead atoms. The molecule has 0 aliphatic carbocycles. The molecule has 8 heteroatoms.